The molecule has 1 aromatic carbocycles. The SMILES string of the molecule is Cc1nc(N(C)C(C)c2ccccc2C(F)(F)F)c2sc(C(C)C)cc2n1. The fourth-order valence-corrected chi connectivity index (χ4v) is 4.21. The summed E-state index contributed by atoms with van der Waals surface area (Å²) in [6.07, 6.45) is -4.39. The average Bonchev–Trinajstić information content (AvgIpc) is 3.03. The van der Waals surface area contributed by atoms with Crippen molar-refractivity contribution in [1.82, 2.24) is 9.97 Å². The molecule has 0 spiro atoms. The summed E-state index contributed by atoms with van der Waals surface area (Å²) in [7, 11) is 1.79. The molecule has 2 aromatic heterocycles. The summed E-state index contributed by atoms with van der Waals surface area (Å²) in [6.45, 7) is 7.79. The van der Waals surface area contributed by atoms with E-state index >= 15 is 0 Å². The lowest BCUT2D eigenvalue weighted by molar-refractivity contribution is -0.138. The zero-order valence-corrected chi connectivity index (χ0v) is 16.7. The van der Waals surface area contributed by atoms with E-state index in [0.29, 0.717) is 17.6 Å². The van der Waals surface area contributed by atoms with Gasteiger partial charge in [-0.3, -0.25) is 0 Å². The summed E-state index contributed by atoms with van der Waals surface area (Å²) in [5, 5.41) is 0. The van der Waals surface area contributed by atoms with Gasteiger partial charge in [-0.2, -0.15) is 13.2 Å². The van der Waals surface area contributed by atoms with Crippen LogP contribution in [-0.4, -0.2) is 17.0 Å². The summed E-state index contributed by atoms with van der Waals surface area (Å²) in [6, 6.07) is 7.26. The van der Waals surface area contributed by atoms with Gasteiger partial charge in [-0.15, -0.1) is 11.3 Å². The molecule has 0 saturated carbocycles. The van der Waals surface area contributed by atoms with E-state index in [1.54, 1.807) is 38.3 Å². The molecule has 0 aliphatic carbocycles. The first-order chi connectivity index (χ1) is 12.6. The van der Waals surface area contributed by atoms with Crippen LogP contribution in [0.1, 0.15) is 54.6 Å². The number of aromatic nitrogens is 2. The lowest BCUT2D eigenvalue weighted by Gasteiger charge is -2.29. The van der Waals surface area contributed by atoms with Gasteiger partial charge in [0.25, 0.3) is 0 Å². The van der Waals surface area contributed by atoms with Crippen LogP contribution in [0, 0.1) is 6.92 Å². The number of benzene rings is 1. The molecule has 144 valence electrons. The molecule has 1 unspecified atom stereocenters. The molecule has 0 amide bonds. The van der Waals surface area contributed by atoms with Gasteiger partial charge in [0.2, 0.25) is 0 Å². The summed E-state index contributed by atoms with van der Waals surface area (Å²) < 4.78 is 41.2. The Bertz CT molecular complexity index is 963. The molecule has 27 heavy (non-hydrogen) atoms. The zero-order chi connectivity index (χ0) is 19.9. The maximum atomic E-state index is 13.4. The Kier molecular flexibility index (Phi) is 5.16. The Morgan fingerprint density at radius 3 is 2.37 bits per heavy atom. The van der Waals surface area contributed by atoms with E-state index in [2.05, 4.69) is 23.8 Å². The van der Waals surface area contributed by atoms with E-state index in [4.69, 9.17) is 0 Å². The van der Waals surface area contributed by atoms with Gasteiger partial charge in [0.05, 0.1) is 21.8 Å². The highest BCUT2D eigenvalue weighted by Gasteiger charge is 2.35. The Hall–Kier alpha value is -2.15. The highest BCUT2D eigenvalue weighted by atomic mass is 32.1. The standard InChI is InChI=1S/C20H22F3N3S/c1-11(2)17-10-16-18(27-17)19(25-13(4)24-16)26(5)12(3)14-8-6-7-9-15(14)20(21,22)23/h6-12H,1-5H3. The van der Waals surface area contributed by atoms with Gasteiger partial charge in [0.15, 0.2) is 5.82 Å². The number of hydrogen-bond acceptors (Lipinski definition) is 4. The third-order valence-electron chi connectivity index (χ3n) is 4.68. The van der Waals surface area contributed by atoms with Crippen LogP contribution in [0.5, 0.6) is 0 Å². The van der Waals surface area contributed by atoms with Crippen molar-refractivity contribution in [3.63, 3.8) is 0 Å². The minimum absolute atomic E-state index is 0.234. The van der Waals surface area contributed by atoms with E-state index in [-0.39, 0.29) is 5.56 Å². The highest BCUT2D eigenvalue weighted by molar-refractivity contribution is 7.19. The fraction of sp³-hybridized carbons (Fsp3) is 0.400. The maximum Gasteiger partial charge on any atom is 0.416 e. The molecule has 0 radical (unpaired) electrons. The first kappa shape index (κ1) is 19.6. The number of thiophene rings is 1. The van der Waals surface area contributed by atoms with Gasteiger partial charge in [-0.25, -0.2) is 9.97 Å². The molecule has 0 N–H and O–H groups in total. The number of anilines is 1. The monoisotopic (exact) mass is 393 g/mol. The van der Waals surface area contributed by atoms with Crippen molar-refractivity contribution in [3.8, 4) is 0 Å². The third-order valence-corrected chi connectivity index (χ3v) is 6.11. The van der Waals surface area contributed by atoms with Gasteiger partial charge in [0.1, 0.15) is 5.82 Å². The third kappa shape index (κ3) is 3.78. The van der Waals surface area contributed by atoms with Crippen LogP contribution in [0.25, 0.3) is 10.2 Å². The van der Waals surface area contributed by atoms with Crippen LogP contribution >= 0.6 is 11.3 Å². The van der Waals surface area contributed by atoms with Gasteiger partial charge in [0, 0.05) is 11.9 Å². The minimum Gasteiger partial charge on any atom is -0.352 e. The average molecular weight is 393 g/mol. The predicted molar refractivity (Wildman–Crippen MR) is 105 cm³/mol. The molecular weight excluding hydrogens is 371 g/mol. The summed E-state index contributed by atoms with van der Waals surface area (Å²) in [4.78, 5) is 12.1. The summed E-state index contributed by atoms with van der Waals surface area (Å²) in [5.41, 5.74) is 0.465. The summed E-state index contributed by atoms with van der Waals surface area (Å²) in [5.74, 6) is 1.62. The number of halogens is 3. The Morgan fingerprint density at radius 2 is 1.74 bits per heavy atom. The van der Waals surface area contributed by atoms with E-state index in [1.807, 2.05) is 11.0 Å². The molecule has 0 saturated heterocycles. The molecule has 0 fully saturated rings. The Labute approximate surface area is 160 Å². The van der Waals surface area contributed by atoms with Gasteiger partial charge < -0.3 is 4.90 Å². The van der Waals surface area contributed by atoms with Gasteiger partial charge >= 0.3 is 6.18 Å². The van der Waals surface area contributed by atoms with Crippen LogP contribution in [0.2, 0.25) is 0 Å². The topological polar surface area (TPSA) is 29.0 Å². The highest BCUT2D eigenvalue weighted by Crippen LogP contribution is 2.40. The molecule has 3 rings (SSSR count). The molecule has 0 aliphatic rings. The molecule has 0 aliphatic heterocycles. The van der Waals surface area contributed by atoms with Crippen LogP contribution in [0.15, 0.2) is 30.3 Å². The second-order valence-corrected chi connectivity index (χ2v) is 8.07. The fourth-order valence-electron chi connectivity index (χ4n) is 3.08. The van der Waals surface area contributed by atoms with Crippen LogP contribution in [0.3, 0.4) is 0 Å². The van der Waals surface area contributed by atoms with E-state index < -0.39 is 17.8 Å². The summed E-state index contributed by atoms with van der Waals surface area (Å²) >= 11 is 1.60. The number of rotatable bonds is 4. The quantitative estimate of drug-likeness (QED) is 0.518. The molecule has 0 bridgehead atoms. The zero-order valence-electron chi connectivity index (χ0n) is 15.9. The normalized spacial score (nSPS) is 13.4. The maximum absolute atomic E-state index is 13.4. The molecule has 1 atom stereocenters. The largest absolute Gasteiger partial charge is 0.416 e. The molecule has 3 nitrogen and oxygen atoms in total. The first-order valence-corrected chi connectivity index (χ1v) is 9.58. The number of hydrogen-bond donors (Lipinski definition) is 0. The Balaban J connectivity index is 2.10. The van der Waals surface area contributed by atoms with Crippen molar-refractivity contribution >= 4 is 27.4 Å². The molecule has 2 heterocycles. The van der Waals surface area contributed by atoms with Gasteiger partial charge in [-0.1, -0.05) is 32.0 Å². The first-order valence-electron chi connectivity index (χ1n) is 8.76. The number of fused-ring (bicyclic) bond motifs is 1. The van der Waals surface area contributed by atoms with Gasteiger partial charge in [-0.05, 0) is 37.5 Å². The second kappa shape index (κ2) is 7.11. The number of alkyl halides is 3. The Morgan fingerprint density at radius 1 is 1.07 bits per heavy atom. The van der Waals surface area contributed by atoms with Crippen LogP contribution < -0.4 is 4.90 Å². The van der Waals surface area contributed by atoms with E-state index in [1.165, 1.54) is 17.0 Å². The predicted octanol–water partition coefficient (Wildman–Crippen LogP) is 6.34. The van der Waals surface area contributed by atoms with Crippen molar-refractivity contribution in [2.75, 3.05) is 11.9 Å². The van der Waals surface area contributed by atoms with E-state index in [9.17, 15) is 13.2 Å². The van der Waals surface area contributed by atoms with Crippen molar-refractivity contribution in [2.45, 2.75) is 45.8 Å². The molecule has 3 aromatic rings. The number of nitrogens with zero attached hydrogens (tertiary/aromatic N) is 3. The minimum atomic E-state index is -4.39. The van der Waals surface area contributed by atoms with Crippen molar-refractivity contribution < 1.29 is 13.2 Å². The van der Waals surface area contributed by atoms with Crippen LogP contribution in [0.4, 0.5) is 19.0 Å². The lowest BCUT2D eigenvalue weighted by Crippen LogP contribution is -2.25. The van der Waals surface area contributed by atoms with E-state index in [0.717, 1.165) is 16.3 Å². The molecular formula is C20H22F3N3S. The second-order valence-electron chi connectivity index (χ2n) is 6.98. The van der Waals surface area contributed by atoms with Crippen molar-refractivity contribution in [2.24, 2.45) is 0 Å². The number of aryl methyl sites for hydroxylation is 1. The lowest BCUT2D eigenvalue weighted by atomic mass is 10.00. The smallest absolute Gasteiger partial charge is 0.352 e. The van der Waals surface area contributed by atoms with Crippen LogP contribution in [-0.2, 0) is 6.18 Å². The molecule has 7 heteroatoms. The van der Waals surface area contributed by atoms with Crippen molar-refractivity contribution in [1.29, 1.82) is 0 Å². The van der Waals surface area contributed by atoms with Crippen molar-refractivity contribution in [3.05, 3.63) is 52.2 Å².